The van der Waals surface area contributed by atoms with Crippen LogP contribution in [-0.4, -0.2) is 143 Å². The molecule has 0 radical (unpaired) electrons. The van der Waals surface area contributed by atoms with Crippen molar-refractivity contribution in [2.24, 2.45) is 5.41 Å². The van der Waals surface area contributed by atoms with E-state index in [1.165, 1.54) is 0 Å². The van der Waals surface area contributed by atoms with E-state index in [9.17, 15) is 4.79 Å². The van der Waals surface area contributed by atoms with E-state index in [1.54, 1.807) is 64.0 Å². The van der Waals surface area contributed by atoms with E-state index >= 15 is 0 Å². The first-order valence-corrected chi connectivity index (χ1v) is 19.4. The summed E-state index contributed by atoms with van der Waals surface area (Å²) in [5.41, 5.74) is -0.629. The molecule has 0 saturated heterocycles. The summed E-state index contributed by atoms with van der Waals surface area (Å²) in [4.78, 5) is 11.3. The van der Waals surface area contributed by atoms with E-state index in [0.717, 1.165) is 0 Å². The van der Waals surface area contributed by atoms with E-state index < -0.39 is 31.8 Å². The van der Waals surface area contributed by atoms with Gasteiger partial charge < -0.3 is 59.4 Å². The van der Waals surface area contributed by atoms with Crippen molar-refractivity contribution in [3.05, 3.63) is 0 Å². The zero-order valence-electron chi connectivity index (χ0n) is 26.6. The molecule has 1 N–H and O–H groups in total. The van der Waals surface area contributed by atoms with Crippen LogP contribution in [0.5, 0.6) is 0 Å². The van der Waals surface area contributed by atoms with Gasteiger partial charge in [0.25, 0.3) is 0 Å². The lowest BCUT2D eigenvalue weighted by Gasteiger charge is -2.33. The maximum Gasteiger partial charge on any atom is 0.500 e. The second kappa shape index (κ2) is 23.1. The van der Waals surface area contributed by atoms with Gasteiger partial charge >= 0.3 is 26.4 Å². The number of hydrogen-bond donors (Lipinski definition) is 1. The average molecular weight is 650 g/mol. The van der Waals surface area contributed by atoms with Crippen LogP contribution in [0.2, 0.25) is 18.1 Å². The van der Waals surface area contributed by atoms with E-state index in [1.807, 2.05) is 0 Å². The average Bonchev–Trinajstić information content (AvgIpc) is 3.02. The van der Waals surface area contributed by atoms with Gasteiger partial charge in [-0.05, 0) is 19.3 Å². The molecule has 0 aromatic carbocycles. The van der Waals surface area contributed by atoms with Crippen molar-refractivity contribution >= 4 is 32.8 Å². The van der Waals surface area contributed by atoms with Crippen molar-refractivity contribution in [3.8, 4) is 0 Å². The summed E-state index contributed by atoms with van der Waals surface area (Å²) in [6.07, 6.45) is 2.69. The molecule has 246 valence electrons. The largest absolute Gasteiger partial charge is 0.500 e. The van der Waals surface area contributed by atoms with Crippen LogP contribution in [0.3, 0.4) is 0 Å². The van der Waals surface area contributed by atoms with E-state index in [2.05, 4.69) is 5.32 Å². The second-order valence-corrected chi connectivity index (χ2v) is 18.6. The zero-order valence-corrected chi connectivity index (χ0v) is 29.6. The van der Waals surface area contributed by atoms with Gasteiger partial charge in [-0.3, -0.25) is 4.79 Å². The third-order valence-corrected chi connectivity index (χ3v) is 15.4. The molecular weight excluding hydrogens is 595 g/mol. The van der Waals surface area contributed by atoms with Crippen LogP contribution in [0.4, 0.5) is 0 Å². The van der Waals surface area contributed by atoms with Crippen LogP contribution in [0.15, 0.2) is 0 Å². The minimum absolute atomic E-state index is 0.301. The Morgan fingerprint density at radius 1 is 0.512 bits per heavy atom. The van der Waals surface area contributed by atoms with Crippen molar-refractivity contribution < 1.29 is 58.8 Å². The van der Waals surface area contributed by atoms with Crippen molar-refractivity contribution in [1.29, 1.82) is 0 Å². The van der Waals surface area contributed by atoms with Gasteiger partial charge in [0.1, 0.15) is 0 Å². The minimum Gasteiger partial charge on any atom is -0.381 e. The van der Waals surface area contributed by atoms with Crippen LogP contribution >= 0.6 is 0 Å². The Hall–Kier alpha value is -0.359. The molecule has 0 unspecified atom stereocenters. The van der Waals surface area contributed by atoms with Gasteiger partial charge in [-0.1, -0.05) is 0 Å². The van der Waals surface area contributed by atoms with Crippen LogP contribution in [-0.2, 0) is 58.8 Å². The predicted molar refractivity (Wildman–Crippen MR) is 158 cm³/mol. The number of rotatable bonds is 30. The van der Waals surface area contributed by atoms with Gasteiger partial charge in [-0.25, -0.2) is 0 Å². The Labute approximate surface area is 249 Å². The van der Waals surface area contributed by atoms with Gasteiger partial charge in [0.15, 0.2) is 0 Å². The van der Waals surface area contributed by atoms with Gasteiger partial charge in [-0.2, -0.15) is 0 Å². The Morgan fingerprint density at radius 3 is 1.00 bits per heavy atom. The molecule has 0 fully saturated rings. The smallest absolute Gasteiger partial charge is 0.381 e. The number of carbonyl (C=O) groups excluding carboxylic acids is 1. The van der Waals surface area contributed by atoms with Crippen LogP contribution < -0.4 is 5.32 Å². The lowest BCUT2D eigenvalue weighted by atomic mass is 9.91. The molecule has 0 heterocycles. The first-order chi connectivity index (χ1) is 19.7. The highest BCUT2D eigenvalue weighted by Gasteiger charge is 2.39. The summed E-state index contributed by atoms with van der Waals surface area (Å²) in [6.45, 7) is 2.55. The van der Waals surface area contributed by atoms with Crippen LogP contribution in [0, 0.1) is 5.41 Å². The van der Waals surface area contributed by atoms with Crippen LogP contribution in [0.1, 0.15) is 19.3 Å². The molecule has 41 heavy (non-hydrogen) atoms. The molecule has 0 saturated carbocycles. The van der Waals surface area contributed by atoms with Gasteiger partial charge in [0.2, 0.25) is 6.41 Å². The molecule has 1 amide bonds. The van der Waals surface area contributed by atoms with Gasteiger partial charge in [0.05, 0.1) is 25.2 Å². The maximum absolute atomic E-state index is 11.3. The standard InChI is InChI=1S/C24H55NO13Si3/c1-27-39(28-2,29-3)16-10-13-36-20-24(19-25-23-26,21-37-14-11-17-40(30-4,31-5)32-6)22-38-15-12-18-41(33-7,34-8)35-9/h23H,10-22H2,1-9H3,(H,25,26). The van der Waals surface area contributed by atoms with E-state index in [4.69, 9.17) is 54.0 Å². The molecule has 0 aliphatic rings. The highest BCUT2D eigenvalue weighted by atomic mass is 28.4. The molecule has 0 atom stereocenters. The monoisotopic (exact) mass is 649 g/mol. The normalized spacial score (nSPS) is 13.1. The van der Waals surface area contributed by atoms with E-state index in [-0.39, 0.29) is 0 Å². The Bertz CT molecular complexity index is 543. The summed E-state index contributed by atoms with van der Waals surface area (Å²) in [5, 5.41) is 2.79. The number of carbonyl (C=O) groups is 1. The summed E-state index contributed by atoms with van der Waals surface area (Å²) in [7, 11) is 6.20. The zero-order chi connectivity index (χ0) is 31.1. The Balaban J connectivity index is 5.26. The molecule has 0 aliphatic carbocycles. The number of ether oxygens (including phenoxy) is 3. The number of nitrogens with one attached hydrogen (secondary N) is 1. The lowest BCUT2D eigenvalue weighted by Crippen LogP contribution is -2.46. The SMILES string of the molecule is CO[Si](CCCOCC(CNC=O)(COCCC[Si](OC)(OC)OC)COCCC[Si](OC)(OC)OC)(OC)OC. The maximum atomic E-state index is 11.3. The van der Waals surface area contributed by atoms with Crippen molar-refractivity contribution in [1.82, 2.24) is 5.32 Å². The van der Waals surface area contributed by atoms with Crippen molar-refractivity contribution in [2.45, 2.75) is 37.4 Å². The Morgan fingerprint density at radius 2 is 0.780 bits per heavy atom. The topological polar surface area (TPSA) is 140 Å². The molecule has 0 aromatic rings. The number of amides is 1. The summed E-state index contributed by atoms with van der Waals surface area (Å²) in [6, 6.07) is 1.83. The highest BCUT2D eigenvalue weighted by Crippen LogP contribution is 2.23. The van der Waals surface area contributed by atoms with Gasteiger partial charge in [-0.15, -0.1) is 0 Å². The minimum atomic E-state index is -2.69. The molecule has 14 nitrogen and oxygen atoms in total. The number of hydrogen-bond acceptors (Lipinski definition) is 13. The quantitative estimate of drug-likeness (QED) is 0.0685. The second-order valence-electron chi connectivity index (χ2n) is 9.35. The fourth-order valence-corrected chi connectivity index (χ4v) is 9.31. The Kier molecular flexibility index (Phi) is 22.9. The fraction of sp³-hybridized carbons (Fsp3) is 0.958. The third kappa shape index (κ3) is 14.8. The molecule has 0 spiro atoms. The molecule has 0 bridgehead atoms. The molecule has 0 aromatic heterocycles. The molecule has 0 rings (SSSR count). The lowest BCUT2D eigenvalue weighted by molar-refractivity contribution is -0.112. The highest BCUT2D eigenvalue weighted by molar-refractivity contribution is 6.61. The molecular formula is C24H55NO13Si3. The first-order valence-electron chi connectivity index (χ1n) is 13.6. The van der Waals surface area contributed by atoms with E-state index in [0.29, 0.717) is 90.0 Å². The summed E-state index contributed by atoms with van der Waals surface area (Å²) < 4.78 is 67.6. The molecule has 0 aliphatic heterocycles. The van der Waals surface area contributed by atoms with Gasteiger partial charge in [0, 0.05) is 108 Å². The summed E-state index contributed by atoms with van der Waals surface area (Å²) >= 11 is 0. The molecule has 17 heteroatoms. The predicted octanol–water partition coefficient (Wildman–Crippen LogP) is 1.57. The van der Waals surface area contributed by atoms with Crippen LogP contribution in [0.25, 0.3) is 0 Å². The fourth-order valence-electron chi connectivity index (χ4n) is 4.24. The van der Waals surface area contributed by atoms with Crippen molar-refractivity contribution in [2.75, 3.05) is 110 Å². The third-order valence-electron chi connectivity index (χ3n) is 6.90. The summed E-state index contributed by atoms with van der Waals surface area (Å²) in [5.74, 6) is 0. The van der Waals surface area contributed by atoms with Crippen molar-refractivity contribution in [3.63, 3.8) is 0 Å². The first kappa shape index (κ1) is 40.6.